The highest BCUT2D eigenvalue weighted by Gasteiger charge is 2.30. The lowest BCUT2D eigenvalue weighted by molar-refractivity contribution is -0.124. The fraction of sp³-hybridized carbons (Fsp3) is 0.238. The van der Waals surface area contributed by atoms with Crippen LogP contribution in [0.4, 0.5) is 5.69 Å². The zero-order chi connectivity index (χ0) is 21.9. The van der Waals surface area contributed by atoms with Crippen molar-refractivity contribution in [2.75, 3.05) is 10.8 Å². The molecule has 1 saturated carbocycles. The zero-order valence-corrected chi connectivity index (χ0v) is 18.2. The molecule has 0 aliphatic heterocycles. The van der Waals surface area contributed by atoms with Gasteiger partial charge in [0.15, 0.2) is 11.9 Å². The number of ether oxygens (including phenoxy) is 1. The fourth-order valence-electron chi connectivity index (χ4n) is 3.12. The molecule has 3 rings (SSSR count). The third-order valence-corrected chi connectivity index (χ3v) is 7.02. The number of Topliss-reactive ketones (excluding diaryl/α,β-unsaturated/α-hetero) is 1. The Morgan fingerprint density at radius 3 is 2.50 bits per heavy atom. The molecule has 0 radical (unpaired) electrons. The van der Waals surface area contributed by atoms with Gasteiger partial charge in [-0.1, -0.05) is 29.3 Å². The van der Waals surface area contributed by atoms with Crippen molar-refractivity contribution in [3.05, 3.63) is 70.7 Å². The zero-order valence-electron chi connectivity index (χ0n) is 15.9. The molecule has 0 aromatic heterocycles. The van der Waals surface area contributed by atoms with Gasteiger partial charge in [0.25, 0.3) is 10.0 Å². The summed E-state index contributed by atoms with van der Waals surface area (Å²) in [5.74, 6) is -0.984. The predicted molar refractivity (Wildman–Crippen MR) is 116 cm³/mol. The Balaban J connectivity index is 1.95. The van der Waals surface area contributed by atoms with Gasteiger partial charge in [-0.3, -0.25) is 9.10 Å². The Bertz CT molecular complexity index is 1080. The van der Waals surface area contributed by atoms with Crippen molar-refractivity contribution in [2.45, 2.75) is 30.3 Å². The van der Waals surface area contributed by atoms with Gasteiger partial charge in [0, 0.05) is 11.4 Å². The van der Waals surface area contributed by atoms with Gasteiger partial charge in [-0.05, 0) is 55.3 Å². The summed E-state index contributed by atoms with van der Waals surface area (Å²) < 4.78 is 33.0. The lowest BCUT2D eigenvalue weighted by atomic mass is 10.2. The van der Waals surface area contributed by atoms with E-state index in [2.05, 4.69) is 6.58 Å². The Morgan fingerprint density at radius 2 is 1.90 bits per heavy atom. The number of anilines is 1. The second-order valence-corrected chi connectivity index (χ2v) is 9.40. The van der Waals surface area contributed by atoms with Crippen LogP contribution in [0.3, 0.4) is 0 Å². The Morgan fingerprint density at radius 1 is 1.20 bits per heavy atom. The van der Waals surface area contributed by atoms with Gasteiger partial charge in [-0.25, -0.2) is 13.2 Å². The van der Waals surface area contributed by atoms with E-state index >= 15 is 0 Å². The van der Waals surface area contributed by atoms with Crippen LogP contribution in [0.1, 0.15) is 29.6 Å². The first-order valence-electron chi connectivity index (χ1n) is 9.16. The molecule has 2 aromatic rings. The molecule has 1 aliphatic rings. The number of benzene rings is 2. The highest BCUT2D eigenvalue weighted by atomic mass is 35.5. The molecule has 1 fully saturated rings. The van der Waals surface area contributed by atoms with Crippen molar-refractivity contribution in [3.8, 4) is 0 Å². The molecule has 9 heteroatoms. The molecule has 158 valence electrons. The van der Waals surface area contributed by atoms with E-state index in [4.69, 9.17) is 27.9 Å². The van der Waals surface area contributed by atoms with Crippen molar-refractivity contribution < 1.29 is 22.7 Å². The summed E-state index contributed by atoms with van der Waals surface area (Å²) >= 11 is 12.0. The van der Waals surface area contributed by atoms with Gasteiger partial charge < -0.3 is 4.74 Å². The third-order valence-electron chi connectivity index (χ3n) is 4.65. The smallest absolute Gasteiger partial charge is 0.340 e. The van der Waals surface area contributed by atoms with Gasteiger partial charge >= 0.3 is 5.97 Å². The van der Waals surface area contributed by atoms with E-state index in [0.29, 0.717) is 30.0 Å². The summed E-state index contributed by atoms with van der Waals surface area (Å²) in [5, 5.41) is 0.499. The van der Waals surface area contributed by atoms with Crippen molar-refractivity contribution in [2.24, 2.45) is 0 Å². The van der Waals surface area contributed by atoms with E-state index in [-0.39, 0.29) is 27.8 Å². The monoisotopic (exact) mass is 467 g/mol. The van der Waals surface area contributed by atoms with Gasteiger partial charge in [-0.15, -0.1) is 6.58 Å². The molecule has 6 nitrogen and oxygen atoms in total. The minimum absolute atomic E-state index is 0.00292. The maximum absolute atomic E-state index is 13.3. The van der Waals surface area contributed by atoms with Gasteiger partial charge in [-0.2, -0.15) is 0 Å². The van der Waals surface area contributed by atoms with E-state index in [1.165, 1.54) is 18.2 Å². The van der Waals surface area contributed by atoms with Crippen LogP contribution in [0.25, 0.3) is 0 Å². The Kier molecular flexibility index (Phi) is 6.85. The van der Waals surface area contributed by atoms with E-state index in [9.17, 15) is 18.0 Å². The Hall–Kier alpha value is -2.35. The van der Waals surface area contributed by atoms with E-state index in [0.717, 1.165) is 10.4 Å². The van der Waals surface area contributed by atoms with Gasteiger partial charge in [0.05, 0.1) is 27.7 Å². The number of hydrogen-bond donors (Lipinski definition) is 0. The normalized spacial score (nSPS) is 16.3. The fourth-order valence-corrected chi connectivity index (χ4v) is 4.90. The summed E-state index contributed by atoms with van der Waals surface area (Å²) in [4.78, 5) is 24.2. The Labute approximate surface area is 185 Å². The van der Waals surface area contributed by atoms with Crippen LogP contribution in [0, 0.1) is 0 Å². The molecule has 0 amide bonds. The van der Waals surface area contributed by atoms with E-state index in [1.54, 1.807) is 24.3 Å². The summed E-state index contributed by atoms with van der Waals surface area (Å²) in [6.45, 7) is 3.62. The van der Waals surface area contributed by atoms with Crippen molar-refractivity contribution in [1.82, 2.24) is 0 Å². The summed E-state index contributed by atoms with van der Waals surface area (Å²) in [6.07, 6.45) is 2.08. The van der Waals surface area contributed by atoms with Crippen LogP contribution in [0.2, 0.25) is 10.0 Å². The molecular formula is C21H19Cl2NO5S. The summed E-state index contributed by atoms with van der Waals surface area (Å²) in [5.41, 5.74) is 0.266. The molecule has 1 aliphatic carbocycles. The number of rotatable bonds is 7. The highest BCUT2D eigenvalue weighted by Crippen LogP contribution is 2.29. The average Bonchev–Trinajstić information content (AvgIpc) is 3.11. The predicted octanol–water partition coefficient (Wildman–Crippen LogP) is 4.65. The van der Waals surface area contributed by atoms with Crippen molar-refractivity contribution in [3.63, 3.8) is 0 Å². The van der Waals surface area contributed by atoms with E-state index < -0.39 is 22.1 Å². The number of nitrogens with zero attached hydrogens (tertiary/aromatic N) is 1. The minimum Gasteiger partial charge on any atom is -0.451 e. The average molecular weight is 468 g/mol. The standard InChI is InChI=1S/C21H19Cl2NO5S/c1-2-12-24(15-8-6-14(22)7-9-15)30(27,28)16-10-11-18(23)17(13-16)21(26)29-20-5-3-4-19(20)25/h2,6-11,13,20H,1,3-5,12H2/t20-/m0/s1. The number of carbonyl (C=O) groups excluding carboxylic acids is 2. The SMILES string of the molecule is C=CCN(c1ccc(Cl)cc1)S(=O)(=O)c1ccc(Cl)c(C(=O)O[C@H]2CCCC2=O)c1. The largest absolute Gasteiger partial charge is 0.451 e. The number of carbonyl (C=O) groups is 2. The first-order chi connectivity index (χ1) is 14.2. The molecule has 0 N–H and O–H groups in total. The maximum Gasteiger partial charge on any atom is 0.340 e. The lowest BCUT2D eigenvalue weighted by Gasteiger charge is -2.23. The first-order valence-corrected chi connectivity index (χ1v) is 11.4. The maximum atomic E-state index is 13.3. The van der Waals surface area contributed by atoms with Gasteiger partial charge in [0.2, 0.25) is 0 Å². The molecule has 30 heavy (non-hydrogen) atoms. The number of esters is 1. The molecular weight excluding hydrogens is 449 g/mol. The first kappa shape index (κ1) is 22.3. The van der Waals surface area contributed by atoms with Crippen LogP contribution in [0.5, 0.6) is 0 Å². The lowest BCUT2D eigenvalue weighted by Crippen LogP contribution is -2.31. The van der Waals surface area contributed by atoms with Gasteiger partial charge in [0.1, 0.15) is 0 Å². The summed E-state index contributed by atoms with van der Waals surface area (Å²) in [6, 6.07) is 10.1. The van der Waals surface area contributed by atoms with Crippen LogP contribution < -0.4 is 4.31 Å². The highest BCUT2D eigenvalue weighted by molar-refractivity contribution is 7.92. The molecule has 0 heterocycles. The quantitative estimate of drug-likeness (QED) is 0.437. The minimum atomic E-state index is -4.05. The molecule has 1 atom stereocenters. The number of hydrogen-bond acceptors (Lipinski definition) is 5. The van der Waals surface area contributed by atoms with Crippen molar-refractivity contribution >= 4 is 50.7 Å². The van der Waals surface area contributed by atoms with Crippen LogP contribution >= 0.6 is 23.2 Å². The van der Waals surface area contributed by atoms with Crippen LogP contribution in [-0.4, -0.2) is 32.8 Å². The topological polar surface area (TPSA) is 80.8 Å². The van der Waals surface area contributed by atoms with Crippen LogP contribution in [0.15, 0.2) is 60.0 Å². The molecule has 0 saturated heterocycles. The third kappa shape index (κ3) is 4.69. The number of sulfonamides is 1. The molecule has 2 aromatic carbocycles. The van der Waals surface area contributed by atoms with Crippen molar-refractivity contribution in [1.29, 1.82) is 0 Å². The number of ketones is 1. The van der Waals surface area contributed by atoms with E-state index in [1.807, 2.05) is 0 Å². The molecule has 0 spiro atoms. The second kappa shape index (κ2) is 9.20. The van der Waals surface area contributed by atoms with Crippen LogP contribution in [-0.2, 0) is 19.6 Å². The summed E-state index contributed by atoms with van der Waals surface area (Å²) in [7, 11) is -4.05. The second-order valence-electron chi connectivity index (χ2n) is 6.70. The molecule has 0 bridgehead atoms. The number of halogens is 2. The molecule has 0 unspecified atom stereocenters.